The van der Waals surface area contributed by atoms with Crippen LogP contribution in [0.5, 0.6) is 5.75 Å². The number of hydrogen-bond donors (Lipinski definition) is 1. The molecule has 0 aliphatic carbocycles. The Bertz CT molecular complexity index is 571. The summed E-state index contributed by atoms with van der Waals surface area (Å²) in [5.41, 5.74) is 0.661. The molecule has 0 spiro atoms. The van der Waals surface area contributed by atoms with Crippen LogP contribution < -0.4 is 10.1 Å². The topological polar surface area (TPSA) is 60.2 Å². The maximum absolute atomic E-state index is 13.4. The van der Waals surface area contributed by atoms with E-state index in [1.807, 2.05) is 13.8 Å². The predicted molar refractivity (Wildman–Crippen MR) is 73.1 cm³/mol. The van der Waals surface area contributed by atoms with Crippen molar-refractivity contribution in [3.05, 3.63) is 29.9 Å². The van der Waals surface area contributed by atoms with Gasteiger partial charge in [0.15, 0.2) is 11.6 Å². The van der Waals surface area contributed by atoms with Crippen molar-refractivity contribution in [2.24, 2.45) is 0 Å². The first kappa shape index (κ1) is 14.5. The van der Waals surface area contributed by atoms with Gasteiger partial charge in [0.1, 0.15) is 0 Å². The third-order valence-corrected chi connectivity index (χ3v) is 2.91. The summed E-state index contributed by atoms with van der Waals surface area (Å²) in [7, 11) is 1.42. The van der Waals surface area contributed by atoms with Gasteiger partial charge in [0.2, 0.25) is 11.7 Å². The number of benzene rings is 1. The van der Waals surface area contributed by atoms with Gasteiger partial charge in [-0.1, -0.05) is 12.1 Å². The lowest BCUT2D eigenvalue weighted by molar-refractivity contribution is 0.363. The van der Waals surface area contributed by atoms with Gasteiger partial charge in [-0.15, -0.1) is 0 Å². The highest BCUT2D eigenvalue weighted by Gasteiger charge is 2.13. The van der Waals surface area contributed by atoms with E-state index < -0.39 is 5.82 Å². The zero-order valence-electron chi connectivity index (χ0n) is 11.8. The maximum atomic E-state index is 13.4. The van der Waals surface area contributed by atoms with Crippen molar-refractivity contribution >= 4 is 0 Å². The van der Waals surface area contributed by atoms with Crippen molar-refractivity contribution in [3.8, 4) is 17.1 Å². The normalized spacial score (nSPS) is 12.4. The molecule has 0 fully saturated rings. The highest BCUT2D eigenvalue weighted by Crippen LogP contribution is 2.24. The predicted octanol–water partition coefficient (Wildman–Crippen LogP) is 2.42. The summed E-state index contributed by atoms with van der Waals surface area (Å²) in [6, 6.07) is 4.74. The molecule has 0 bridgehead atoms. The number of likely N-dealkylation sites (N-methyl/N-ethyl adjacent to an activating group) is 1. The van der Waals surface area contributed by atoms with Crippen molar-refractivity contribution in [3.63, 3.8) is 0 Å². The van der Waals surface area contributed by atoms with Gasteiger partial charge >= 0.3 is 0 Å². The smallest absolute Gasteiger partial charge is 0.228 e. The summed E-state index contributed by atoms with van der Waals surface area (Å²) in [6.07, 6.45) is 0.652. The van der Waals surface area contributed by atoms with Crippen LogP contribution in [0.2, 0.25) is 0 Å². The molecule has 1 aromatic carbocycles. The zero-order chi connectivity index (χ0) is 14.5. The van der Waals surface area contributed by atoms with Crippen molar-refractivity contribution < 1.29 is 13.7 Å². The molecule has 1 heterocycles. The standard InChI is InChI=1S/C14H18FN3O2/c1-4-16-9(2)7-13-17-14(18-20-13)10-5-6-11(15)12(8-10)19-3/h5-6,8-9,16H,4,7H2,1-3H3. The average molecular weight is 279 g/mol. The molecule has 1 atom stereocenters. The lowest BCUT2D eigenvalue weighted by Crippen LogP contribution is -2.27. The Morgan fingerprint density at radius 1 is 1.45 bits per heavy atom. The first-order valence-electron chi connectivity index (χ1n) is 6.54. The van der Waals surface area contributed by atoms with E-state index in [1.54, 1.807) is 12.1 Å². The largest absolute Gasteiger partial charge is 0.494 e. The van der Waals surface area contributed by atoms with Crippen molar-refractivity contribution in [1.29, 1.82) is 0 Å². The van der Waals surface area contributed by atoms with Crippen LogP contribution in [0.25, 0.3) is 11.4 Å². The second kappa shape index (κ2) is 6.47. The van der Waals surface area contributed by atoms with E-state index in [0.29, 0.717) is 23.7 Å². The first-order chi connectivity index (χ1) is 9.63. The van der Waals surface area contributed by atoms with Crippen LogP contribution in [0, 0.1) is 5.82 Å². The Labute approximate surface area is 117 Å². The van der Waals surface area contributed by atoms with Crippen LogP contribution >= 0.6 is 0 Å². The molecule has 1 aromatic heterocycles. The van der Waals surface area contributed by atoms with Crippen molar-refractivity contribution in [2.75, 3.05) is 13.7 Å². The number of aromatic nitrogens is 2. The highest BCUT2D eigenvalue weighted by molar-refractivity contribution is 5.57. The van der Waals surface area contributed by atoms with Gasteiger partial charge in [0.25, 0.3) is 0 Å². The van der Waals surface area contributed by atoms with E-state index >= 15 is 0 Å². The Balaban J connectivity index is 2.16. The Morgan fingerprint density at radius 3 is 2.95 bits per heavy atom. The van der Waals surface area contributed by atoms with Crippen molar-refractivity contribution in [2.45, 2.75) is 26.3 Å². The maximum Gasteiger partial charge on any atom is 0.228 e. The van der Waals surface area contributed by atoms with Gasteiger partial charge in [-0.05, 0) is 31.7 Å². The average Bonchev–Trinajstić information content (AvgIpc) is 2.88. The summed E-state index contributed by atoms with van der Waals surface area (Å²) in [4.78, 5) is 4.31. The summed E-state index contributed by atoms with van der Waals surface area (Å²) < 4.78 is 23.5. The highest BCUT2D eigenvalue weighted by atomic mass is 19.1. The third kappa shape index (κ3) is 3.33. The number of nitrogens with one attached hydrogen (secondary N) is 1. The molecule has 2 aromatic rings. The van der Waals surface area contributed by atoms with Crippen LogP contribution in [0.15, 0.2) is 22.7 Å². The molecule has 6 heteroatoms. The quantitative estimate of drug-likeness (QED) is 0.880. The van der Waals surface area contributed by atoms with Crippen LogP contribution in [-0.2, 0) is 6.42 Å². The van der Waals surface area contributed by atoms with Crippen LogP contribution in [0.1, 0.15) is 19.7 Å². The summed E-state index contributed by atoms with van der Waals surface area (Å²) in [5, 5.41) is 7.18. The fourth-order valence-corrected chi connectivity index (χ4v) is 1.94. The summed E-state index contributed by atoms with van der Waals surface area (Å²) >= 11 is 0. The number of halogens is 1. The van der Waals surface area contributed by atoms with Crippen LogP contribution in [0.3, 0.4) is 0 Å². The van der Waals surface area contributed by atoms with E-state index in [4.69, 9.17) is 9.26 Å². The molecule has 20 heavy (non-hydrogen) atoms. The fraction of sp³-hybridized carbons (Fsp3) is 0.429. The lowest BCUT2D eigenvalue weighted by atomic mass is 10.2. The minimum Gasteiger partial charge on any atom is -0.494 e. The fourth-order valence-electron chi connectivity index (χ4n) is 1.94. The van der Waals surface area contributed by atoms with E-state index in [9.17, 15) is 4.39 Å². The SMILES string of the molecule is CCNC(C)Cc1nc(-c2ccc(F)c(OC)c2)no1. The van der Waals surface area contributed by atoms with E-state index in [0.717, 1.165) is 6.54 Å². The molecule has 5 nitrogen and oxygen atoms in total. The number of ether oxygens (including phenoxy) is 1. The second-order valence-electron chi connectivity index (χ2n) is 4.52. The molecule has 1 unspecified atom stereocenters. The molecule has 0 saturated heterocycles. The molecule has 0 aliphatic heterocycles. The Hall–Kier alpha value is -1.95. The van der Waals surface area contributed by atoms with Gasteiger partial charge in [-0.25, -0.2) is 4.39 Å². The van der Waals surface area contributed by atoms with E-state index in [1.165, 1.54) is 13.2 Å². The summed E-state index contributed by atoms with van der Waals surface area (Å²) in [6.45, 7) is 4.98. The van der Waals surface area contributed by atoms with E-state index in [2.05, 4.69) is 15.5 Å². The molecule has 0 amide bonds. The summed E-state index contributed by atoms with van der Waals surface area (Å²) in [5.74, 6) is 0.731. The molecule has 1 N–H and O–H groups in total. The molecule has 0 radical (unpaired) electrons. The molecular formula is C14H18FN3O2. The van der Waals surface area contributed by atoms with Gasteiger partial charge in [0.05, 0.1) is 7.11 Å². The first-order valence-corrected chi connectivity index (χ1v) is 6.54. The van der Waals surface area contributed by atoms with Crippen molar-refractivity contribution in [1.82, 2.24) is 15.5 Å². The molecule has 0 saturated carbocycles. The van der Waals surface area contributed by atoms with Gasteiger partial charge in [0, 0.05) is 18.0 Å². The second-order valence-corrected chi connectivity index (χ2v) is 4.52. The minimum atomic E-state index is -0.416. The molecular weight excluding hydrogens is 261 g/mol. The number of nitrogens with zero attached hydrogens (tertiary/aromatic N) is 2. The minimum absolute atomic E-state index is 0.162. The third-order valence-electron chi connectivity index (χ3n) is 2.91. The molecule has 108 valence electrons. The van der Waals surface area contributed by atoms with Gasteiger partial charge in [-0.2, -0.15) is 4.98 Å². The van der Waals surface area contributed by atoms with Gasteiger partial charge in [-0.3, -0.25) is 0 Å². The van der Waals surface area contributed by atoms with Crippen LogP contribution in [-0.4, -0.2) is 29.8 Å². The van der Waals surface area contributed by atoms with Gasteiger partial charge < -0.3 is 14.6 Å². The van der Waals surface area contributed by atoms with Crippen LogP contribution in [0.4, 0.5) is 4.39 Å². The lowest BCUT2D eigenvalue weighted by Gasteiger charge is -2.07. The number of methoxy groups -OCH3 is 1. The molecule has 0 aliphatic rings. The number of hydrogen-bond acceptors (Lipinski definition) is 5. The Kier molecular flexibility index (Phi) is 4.68. The monoisotopic (exact) mass is 279 g/mol. The van der Waals surface area contributed by atoms with E-state index in [-0.39, 0.29) is 11.8 Å². The molecule has 2 rings (SSSR count). The Morgan fingerprint density at radius 2 is 2.25 bits per heavy atom. The zero-order valence-corrected chi connectivity index (χ0v) is 11.8. The number of rotatable bonds is 6.